The van der Waals surface area contributed by atoms with Gasteiger partial charge in [0.2, 0.25) is 0 Å². The summed E-state index contributed by atoms with van der Waals surface area (Å²) in [5.41, 5.74) is 0.880. The van der Waals surface area contributed by atoms with E-state index in [1.165, 1.54) is 6.33 Å². The Morgan fingerprint density at radius 1 is 1.50 bits per heavy atom. The van der Waals surface area contributed by atoms with E-state index >= 15 is 0 Å². The van der Waals surface area contributed by atoms with Gasteiger partial charge in [0, 0.05) is 16.8 Å². The third kappa shape index (κ3) is 3.00. The number of hydrogen-bond acceptors (Lipinski definition) is 5. The molecule has 1 aromatic carbocycles. The maximum atomic E-state index is 9.28. The fourth-order valence-corrected chi connectivity index (χ4v) is 2.11. The van der Waals surface area contributed by atoms with Crippen LogP contribution in [0.2, 0.25) is 0 Å². The van der Waals surface area contributed by atoms with Gasteiger partial charge in [-0.1, -0.05) is 18.3 Å². The lowest BCUT2D eigenvalue weighted by Gasteiger charge is -2.10. The maximum Gasteiger partial charge on any atom is 0.137 e. The van der Waals surface area contributed by atoms with Gasteiger partial charge in [-0.05, 0) is 30.5 Å². The van der Waals surface area contributed by atoms with Crippen LogP contribution in [0, 0.1) is 0 Å². The van der Waals surface area contributed by atoms with Crippen molar-refractivity contribution in [2.24, 2.45) is 0 Å². The molecule has 2 rings (SSSR count). The van der Waals surface area contributed by atoms with E-state index in [-0.39, 0.29) is 0 Å². The summed E-state index contributed by atoms with van der Waals surface area (Å²) in [5.74, 6) is 0.746. The molecule has 18 heavy (non-hydrogen) atoms. The predicted molar refractivity (Wildman–Crippen MR) is 75.8 cm³/mol. The van der Waals surface area contributed by atoms with Gasteiger partial charge < -0.3 is 10.4 Å². The van der Waals surface area contributed by atoms with E-state index in [2.05, 4.69) is 21.9 Å². The van der Waals surface area contributed by atoms with Crippen LogP contribution in [0.1, 0.15) is 6.92 Å². The predicted octanol–water partition coefficient (Wildman–Crippen LogP) is 2.66. The van der Waals surface area contributed by atoms with E-state index in [0.29, 0.717) is 6.54 Å². The minimum atomic E-state index is -0.411. The van der Waals surface area contributed by atoms with E-state index in [1.807, 2.05) is 18.2 Å². The zero-order valence-corrected chi connectivity index (χ0v) is 10.9. The number of aliphatic hydroxyl groups excluding tert-OH is 1. The zero-order chi connectivity index (χ0) is 13.0. The van der Waals surface area contributed by atoms with E-state index < -0.39 is 6.10 Å². The molecule has 5 heteroatoms. The van der Waals surface area contributed by atoms with Crippen LogP contribution in [0.4, 0.5) is 5.82 Å². The van der Waals surface area contributed by atoms with E-state index in [1.54, 1.807) is 24.1 Å². The van der Waals surface area contributed by atoms with E-state index in [4.69, 9.17) is 0 Å². The lowest BCUT2D eigenvalue weighted by atomic mass is 10.2. The van der Waals surface area contributed by atoms with Gasteiger partial charge >= 0.3 is 0 Å². The van der Waals surface area contributed by atoms with Gasteiger partial charge in [-0.15, -0.1) is 0 Å². The summed E-state index contributed by atoms with van der Waals surface area (Å²) in [6, 6.07) is 5.98. The van der Waals surface area contributed by atoms with Gasteiger partial charge in [-0.25, -0.2) is 9.97 Å². The Labute approximate surface area is 110 Å². The fourth-order valence-electron chi connectivity index (χ4n) is 1.59. The molecule has 0 fully saturated rings. The third-order valence-electron chi connectivity index (χ3n) is 2.39. The average Bonchev–Trinajstić information content (AvgIpc) is 2.36. The first-order valence-corrected chi connectivity index (χ1v) is 6.53. The van der Waals surface area contributed by atoms with E-state index in [9.17, 15) is 5.11 Å². The Hall–Kier alpha value is -1.59. The number of benzene rings is 1. The molecule has 94 valence electrons. The van der Waals surface area contributed by atoms with Crippen molar-refractivity contribution in [3.63, 3.8) is 0 Å². The van der Waals surface area contributed by atoms with Crippen molar-refractivity contribution in [2.75, 3.05) is 11.9 Å². The van der Waals surface area contributed by atoms with Gasteiger partial charge in [-0.3, -0.25) is 0 Å². The highest BCUT2D eigenvalue weighted by Crippen LogP contribution is 2.25. The summed E-state index contributed by atoms with van der Waals surface area (Å²) in [7, 11) is 0. The molecule has 0 aliphatic carbocycles. The van der Waals surface area contributed by atoms with Crippen LogP contribution >= 0.6 is 11.8 Å². The molecule has 1 atom stereocenters. The molecule has 2 aromatic rings. The summed E-state index contributed by atoms with van der Waals surface area (Å²) in [5, 5.41) is 15.1. The number of rotatable bonds is 5. The maximum absolute atomic E-state index is 9.28. The molecule has 0 amide bonds. The second-order valence-corrected chi connectivity index (χ2v) is 4.96. The number of thioether (sulfide) groups is 1. The van der Waals surface area contributed by atoms with Crippen molar-refractivity contribution in [1.82, 2.24) is 9.97 Å². The van der Waals surface area contributed by atoms with Crippen molar-refractivity contribution >= 4 is 28.5 Å². The first kappa shape index (κ1) is 12.9. The van der Waals surface area contributed by atoms with Crippen LogP contribution in [0.3, 0.4) is 0 Å². The first-order chi connectivity index (χ1) is 8.70. The van der Waals surface area contributed by atoms with Crippen molar-refractivity contribution in [3.05, 3.63) is 36.5 Å². The zero-order valence-electron chi connectivity index (χ0n) is 10.1. The summed E-state index contributed by atoms with van der Waals surface area (Å²) in [6.45, 7) is 5.89. The monoisotopic (exact) mass is 261 g/mol. The molecule has 1 heterocycles. The minimum absolute atomic E-state index is 0.411. The summed E-state index contributed by atoms with van der Waals surface area (Å²) in [4.78, 5) is 9.54. The van der Waals surface area contributed by atoms with Crippen molar-refractivity contribution in [3.8, 4) is 0 Å². The quantitative estimate of drug-likeness (QED) is 0.810. The molecule has 2 N–H and O–H groups in total. The van der Waals surface area contributed by atoms with Crippen LogP contribution in [0.5, 0.6) is 0 Å². The number of nitrogens with zero attached hydrogens (tertiary/aromatic N) is 2. The molecule has 0 saturated carbocycles. The normalized spacial score (nSPS) is 12.3. The largest absolute Gasteiger partial charge is 0.392 e. The van der Waals surface area contributed by atoms with E-state index in [0.717, 1.165) is 21.6 Å². The molecule has 0 aliphatic heterocycles. The first-order valence-electron chi connectivity index (χ1n) is 5.65. The topological polar surface area (TPSA) is 58.0 Å². The smallest absolute Gasteiger partial charge is 0.137 e. The van der Waals surface area contributed by atoms with Gasteiger partial charge in [0.1, 0.15) is 12.1 Å². The van der Waals surface area contributed by atoms with Crippen LogP contribution in [0.25, 0.3) is 10.9 Å². The highest BCUT2D eigenvalue weighted by atomic mass is 32.2. The van der Waals surface area contributed by atoms with Crippen LogP contribution in [-0.4, -0.2) is 27.7 Å². The molecular formula is C13H15N3OS. The third-order valence-corrected chi connectivity index (χ3v) is 3.09. The molecule has 1 unspecified atom stereocenters. The van der Waals surface area contributed by atoms with Gasteiger partial charge in [-0.2, -0.15) is 0 Å². The number of hydrogen-bond donors (Lipinski definition) is 2. The Kier molecular flexibility index (Phi) is 4.17. The fraction of sp³-hybridized carbons (Fsp3) is 0.231. The highest BCUT2D eigenvalue weighted by Gasteiger charge is 2.05. The number of aromatic nitrogens is 2. The molecule has 0 bridgehead atoms. The van der Waals surface area contributed by atoms with Crippen molar-refractivity contribution < 1.29 is 5.11 Å². The summed E-state index contributed by atoms with van der Waals surface area (Å²) < 4.78 is 0. The SMILES string of the molecule is C=CSc1ccc2c(NCC(C)O)ncnc2c1. The second-order valence-electron chi connectivity index (χ2n) is 3.92. The number of anilines is 1. The standard InChI is InChI=1S/C13H15N3OS/c1-3-18-10-4-5-11-12(6-10)15-8-16-13(11)14-7-9(2)17/h3-6,8-9,17H,1,7H2,2H3,(H,14,15,16). The molecule has 0 aliphatic rings. The number of aliphatic hydroxyl groups is 1. The van der Waals surface area contributed by atoms with Crippen LogP contribution in [-0.2, 0) is 0 Å². The summed E-state index contributed by atoms with van der Waals surface area (Å²) in [6.07, 6.45) is 1.11. The van der Waals surface area contributed by atoms with Crippen LogP contribution in [0.15, 0.2) is 41.4 Å². The lowest BCUT2D eigenvalue weighted by Crippen LogP contribution is -2.16. The molecular weight excluding hydrogens is 246 g/mol. The Morgan fingerprint density at radius 3 is 3.06 bits per heavy atom. The summed E-state index contributed by atoms with van der Waals surface area (Å²) >= 11 is 1.56. The molecule has 4 nitrogen and oxygen atoms in total. The number of fused-ring (bicyclic) bond motifs is 1. The van der Waals surface area contributed by atoms with Gasteiger partial charge in [0.05, 0.1) is 11.6 Å². The second kappa shape index (κ2) is 5.84. The Bertz CT molecular complexity index is 557. The minimum Gasteiger partial charge on any atom is -0.392 e. The number of nitrogens with one attached hydrogen (secondary N) is 1. The average molecular weight is 261 g/mol. The highest BCUT2D eigenvalue weighted by molar-refractivity contribution is 8.02. The Balaban J connectivity index is 2.34. The molecule has 0 spiro atoms. The van der Waals surface area contributed by atoms with Gasteiger partial charge in [0.15, 0.2) is 0 Å². The van der Waals surface area contributed by atoms with Crippen molar-refractivity contribution in [2.45, 2.75) is 17.9 Å². The molecule has 1 aromatic heterocycles. The van der Waals surface area contributed by atoms with Crippen molar-refractivity contribution in [1.29, 1.82) is 0 Å². The Morgan fingerprint density at radius 2 is 2.33 bits per heavy atom. The van der Waals surface area contributed by atoms with Gasteiger partial charge in [0.25, 0.3) is 0 Å². The van der Waals surface area contributed by atoms with Crippen LogP contribution < -0.4 is 5.32 Å². The molecule has 0 saturated heterocycles. The lowest BCUT2D eigenvalue weighted by molar-refractivity contribution is 0.208. The molecule has 0 radical (unpaired) electrons.